The molecule has 0 aromatic rings. The quantitative estimate of drug-likeness (QED) is 0.343. The maximum Gasteiger partial charge on any atom is 0.369 e. The Bertz CT molecular complexity index is 821. The number of ether oxygens (including phenoxy) is 2. The number of alkyl halides is 2. The highest BCUT2D eigenvalue weighted by Crippen LogP contribution is 2.65. The minimum atomic E-state index is -5.97. The molecule has 164 valence electrons. The van der Waals surface area contributed by atoms with Crippen LogP contribution in [-0.2, 0) is 29.2 Å². The van der Waals surface area contributed by atoms with Crippen molar-refractivity contribution in [1.29, 1.82) is 0 Å². The van der Waals surface area contributed by atoms with Gasteiger partial charge in [0.1, 0.15) is 0 Å². The van der Waals surface area contributed by atoms with Crippen LogP contribution in [0.2, 0.25) is 0 Å². The first kappa shape index (κ1) is 22.1. The van der Waals surface area contributed by atoms with Gasteiger partial charge in [0.2, 0.25) is 0 Å². The van der Waals surface area contributed by atoms with Gasteiger partial charge in [0.05, 0.1) is 12.0 Å². The van der Waals surface area contributed by atoms with Crippen LogP contribution in [0.4, 0.5) is 8.78 Å². The van der Waals surface area contributed by atoms with Crippen LogP contribution in [0.25, 0.3) is 0 Å². The van der Waals surface area contributed by atoms with Crippen molar-refractivity contribution in [3.8, 4) is 0 Å². The van der Waals surface area contributed by atoms with Gasteiger partial charge in [-0.05, 0) is 64.2 Å². The van der Waals surface area contributed by atoms with Crippen molar-refractivity contribution >= 4 is 22.1 Å². The van der Waals surface area contributed by atoms with E-state index in [1.807, 2.05) is 0 Å². The highest BCUT2D eigenvalue weighted by molar-refractivity contribution is 7.86. The number of esters is 2. The van der Waals surface area contributed by atoms with Gasteiger partial charge in [0, 0.05) is 11.0 Å². The standard InChI is InChI=1S/C19H26F2O7S/c1-11(2)15(22)27-10-17-5-13-4-14(6-17)8-18(7-13,9-17)16(23)28-12(3)19(20,21)29(24,25)26/h12-14H,1,4-10H2,2-3H3,(H,24,25,26)/p-1. The zero-order valence-corrected chi connectivity index (χ0v) is 17.2. The number of carbonyl (C=O) groups is 2. The van der Waals surface area contributed by atoms with Crippen LogP contribution in [0.3, 0.4) is 0 Å². The number of rotatable bonds is 7. The Morgan fingerprint density at radius 2 is 1.79 bits per heavy atom. The number of carbonyl (C=O) groups excluding carboxylic acids is 2. The Balaban J connectivity index is 1.78. The Morgan fingerprint density at radius 1 is 1.24 bits per heavy atom. The molecule has 4 fully saturated rings. The van der Waals surface area contributed by atoms with E-state index in [2.05, 4.69) is 6.58 Å². The summed E-state index contributed by atoms with van der Waals surface area (Å²) in [6.45, 7) is 5.90. The van der Waals surface area contributed by atoms with Crippen LogP contribution in [-0.4, -0.2) is 42.9 Å². The maximum atomic E-state index is 13.8. The molecule has 7 nitrogen and oxygen atoms in total. The molecule has 4 saturated carbocycles. The summed E-state index contributed by atoms with van der Waals surface area (Å²) in [6, 6.07) is 0. The normalized spacial score (nSPS) is 34.5. The van der Waals surface area contributed by atoms with Crippen LogP contribution in [0.15, 0.2) is 12.2 Å². The van der Waals surface area contributed by atoms with E-state index in [0.29, 0.717) is 26.2 Å². The second kappa shape index (κ2) is 7.01. The van der Waals surface area contributed by atoms with Crippen LogP contribution in [0, 0.1) is 22.7 Å². The molecule has 3 unspecified atom stereocenters. The summed E-state index contributed by atoms with van der Waals surface area (Å²) in [4.78, 5) is 24.7. The molecular weight excluding hydrogens is 410 g/mol. The molecule has 0 heterocycles. The molecular formula is C19H25F2O7S-. The fourth-order valence-corrected chi connectivity index (χ4v) is 6.21. The third kappa shape index (κ3) is 3.93. The van der Waals surface area contributed by atoms with E-state index in [0.717, 1.165) is 19.3 Å². The fourth-order valence-electron chi connectivity index (χ4n) is 5.76. The fraction of sp³-hybridized carbons (Fsp3) is 0.789. The van der Waals surface area contributed by atoms with Crippen LogP contribution < -0.4 is 0 Å². The molecule has 0 aromatic carbocycles. The van der Waals surface area contributed by atoms with Crippen molar-refractivity contribution < 1.29 is 40.8 Å². The molecule has 0 N–H and O–H groups in total. The molecule has 0 radical (unpaired) electrons. The second-order valence-corrected chi connectivity index (χ2v) is 10.6. The lowest BCUT2D eigenvalue weighted by molar-refractivity contribution is -0.198. The Morgan fingerprint density at radius 3 is 2.28 bits per heavy atom. The van der Waals surface area contributed by atoms with E-state index in [1.54, 1.807) is 0 Å². The molecule has 4 aliphatic rings. The lowest BCUT2D eigenvalue weighted by Crippen LogP contribution is -2.57. The third-order valence-electron chi connectivity index (χ3n) is 6.56. The highest BCUT2D eigenvalue weighted by Gasteiger charge is 2.62. The molecule has 4 bridgehead atoms. The van der Waals surface area contributed by atoms with Crippen molar-refractivity contribution in [3.05, 3.63) is 12.2 Å². The van der Waals surface area contributed by atoms with Gasteiger partial charge < -0.3 is 14.0 Å². The monoisotopic (exact) mass is 435 g/mol. The van der Waals surface area contributed by atoms with E-state index in [-0.39, 0.29) is 24.0 Å². The summed E-state index contributed by atoms with van der Waals surface area (Å²) in [5.41, 5.74) is -1.21. The number of hydrogen-bond donors (Lipinski definition) is 0. The van der Waals surface area contributed by atoms with Crippen LogP contribution in [0.5, 0.6) is 0 Å². The summed E-state index contributed by atoms with van der Waals surface area (Å²) < 4.78 is 70.2. The van der Waals surface area contributed by atoms with E-state index in [4.69, 9.17) is 9.47 Å². The largest absolute Gasteiger partial charge is 0.743 e. The minimum absolute atomic E-state index is 0.112. The molecule has 0 amide bonds. The van der Waals surface area contributed by atoms with Gasteiger partial charge in [-0.3, -0.25) is 4.79 Å². The van der Waals surface area contributed by atoms with Crippen molar-refractivity contribution in [1.82, 2.24) is 0 Å². The van der Waals surface area contributed by atoms with Crippen molar-refractivity contribution in [2.45, 2.75) is 63.7 Å². The Kier molecular flexibility index (Phi) is 5.35. The van der Waals surface area contributed by atoms with Gasteiger partial charge in [-0.1, -0.05) is 6.58 Å². The van der Waals surface area contributed by atoms with Crippen molar-refractivity contribution in [3.63, 3.8) is 0 Å². The lowest BCUT2D eigenvalue weighted by atomic mass is 9.44. The molecule has 0 aromatic heterocycles. The summed E-state index contributed by atoms with van der Waals surface area (Å²) in [6.07, 6.45) is 1.29. The zero-order chi connectivity index (χ0) is 21.8. The molecule has 3 atom stereocenters. The van der Waals surface area contributed by atoms with Crippen LogP contribution in [0.1, 0.15) is 52.4 Å². The van der Waals surface area contributed by atoms with Gasteiger partial charge in [-0.15, -0.1) is 0 Å². The molecule has 4 aliphatic carbocycles. The SMILES string of the molecule is C=C(C)C(=O)OCC12CC3CC(C1)CC(C(=O)OC(C)C(F)(F)S(=O)(=O)[O-])(C3)C2. The van der Waals surface area contributed by atoms with Gasteiger partial charge in [-0.2, -0.15) is 8.78 Å². The van der Waals surface area contributed by atoms with Gasteiger partial charge >= 0.3 is 17.2 Å². The molecule has 0 spiro atoms. The van der Waals surface area contributed by atoms with E-state index in [9.17, 15) is 31.3 Å². The molecule has 10 heteroatoms. The maximum absolute atomic E-state index is 13.8. The lowest BCUT2D eigenvalue weighted by Gasteiger charge is -2.60. The molecule has 4 rings (SSSR count). The van der Waals surface area contributed by atoms with E-state index >= 15 is 0 Å². The number of halogens is 2. The Labute approximate surface area is 168 Å². The van der Waals surface area contributed by atoms with Crippen molar-refractivity contribution in [2.75, 3.05) is 6.61 Å². The second-order valence-electron chi connectivity index (χ2n) is 9.16. The van der Waals surface area contributed by atoms with Crippen molar-refractivity contribution in [2.24, 2.45) is 22.7 Å². The summed E-state index contributed by atoms with van der Waals surface area (Å²) >= 11 is 0. The summed E-state index contributed by atoms with van der Waals surface area (Å²) in [5.74, 6) is -1.08. The molecule has 0 saturated heterocycles. The first-order valence-electron chi connectivity index (χ1n) is 9.57. The van der Waals surface area contributed by atoms with E-state index in [1.165, 1.54) is 6.92 Å². The highest BCUT2D eigenvalue weighted by atomic mass is 32.2. The third-order valence-corrected chi connectivity index (χ3v) is 7.56. The van der Waals surface area contributed by atoms with Gasteiger partial charge in [0.15, 0.2) is 16.2 Å². The molecule has 0 aliphatic heterocycles. The molecule has 29 heavy (non-hydrogen) atoms. The van der Waals surface area contributed by atoms with Crippen LogP contribution >= 0.6 is 0 Å². The predicted molar refractivity (Wildman–Crippen MR) is 95.5 cm³/mol. The number of hydrogen-bond acceptors (Lipinski definition) is 7. The average molecular weight is 435 g/mol. The predicted octanol–water partition coefficient (Wildman–Crippen LogP) is 2.76. The average Bonchev–Trinajstić information content (AvgIpc) is 2.57. The summed E-state index contributed by atoms with van der Waals surface area (Å²) in [7, 11) is -5.97. The van der Waals surface area contributed by atoms with Gasteiger partial charge in [0.25, 0.3) is 0 Å². The smallest absolute Gasteiger partial charge is 0.369 e. The van der Waals surface area contributed by atoms with E-state index < -0.39 is 44.2 Å². The van der Waals surface area contributed by atoms with Gasteiger partial charge in [-0.25, -0.2) is 13.2 Å². The minimum Gasteiger partial charge on any atom is -0.743 e. The topological polar surface area (TPSA) is 110 Å². The summed E-state index contributed by atoms with van der Waals surface area (Å²) in [5, 5.41) is -4.71. The zero-order valence-electron chi connectivity index (χ0n) is 16.4. The first-order chi connectivity index (χ1) is 13.2. The first-order valence-corrected chi connectivity index (χ1v) is 11.0. The Hall–Kier alpha value is -1.55.